The van der Waals surface area contributed by atoms with E-state index in [1.807, 2.05) is 19.1 Å². The summed E-state index contributed by atoms with van der Waals surface area (Å²) in [5, 5.41) is 12.8. The summed E-state index contributed by atoms with van der Waals surface area (Å²) in [5.74, 6) is -1.13. The van der Waals surface area contributed by atoms with Crippen molar-refractivity contribution in [3.05, 3.63) is 92.4 Å². The molecule has 10 heteroatoms. The number of hydrogen-bond donors (Lipinski definition) is 0. The number of fused-ring (bicyclic) bond motifs is 1. The average molecular weight is 538 g/mol. The Labute approximate surface area is 209 Å². The molecular formula is C25H20BrN3O6. The highest BCUT2D eigenvalue weighted by atomic mass is 79.9. The quantitative estimate of drug-likeness (QED) is 0.263. The smallest absolute Gasteiger partial charge is 0.271 e. The second kappa shape index (κ2) is 8.79. The first kappa shape index (κ1) is 23.0. The molecule has 9 nitrogen and oxygen atoms in total. The second-order valence-electron chi connectivity index (χ2n) is 8.34. The van der Waals surface area contributed by atoms with Crippen LogP contribution in [0.2, 0.25) is 0 Å². The minimum atomic E-state index is -1.08. The third-order valence-corrected chi connectivity index (χ3v) is 6.84. The molecule has 3 aromatic carbocycles. The Morgan fingerprint density at radius 2 is 1.74 bits per heavy atom. The minimum Gasteiger partial charge on any atom is -0.496 e. The largest absolute Gasteiger partial charge is 0.496 e. The lowest BCUT2D eigenvalue weighted by molar-refractivity contribution is -0.384. The van der Waals surface area contributed by atoms with E-state index in [-0.39, 0.29) is 5.69 Å². The molecule has 2 fully saturated rings. The van der Waals surface area contributed by atoms with Crippen molar-refractivity contribution in [2.24, 2.45) is 5.92 Å². The van der Waals surface area contributed by atoms with Gasteiger partial charge in [0.2, 0.25) is 5.91 Å². The normalized spacial score (nSPS) is 21.4. The van der Waals surface area contributed by atoms with Gasteiger partial charge >= 0.3 is 0 Å². The van der Waals surface area contributed by atoms with E-state index in [4.69, 9.17) is 9.57 Å². The number of hydrogen-bond acceptors (Lipinski definition) is 7. The molecule has 0 radical (unpaired) electrons. The maximum atomic E-state index is 13.7. The van der Waals surface area contributed by atoms with E-state index >= 15 is 0 Å². The first-order valence-corrected chi connectivity index (χ1v) is 11.6. The molecule has 2 heterocycles. The third kappa shape index (κ3) is 3.84. The lowest BCUT2D eigenvalue weighted by Crippen LogP contribution is -2.37. The number of carbonyl (C=O) groups is 2. The van der Waals surface area contributed by atoms with Crippen LogP contribution < -0.4 is 14.7 Å². The Bertz CT molecular complexity index is 1350. The zero-order chi connectivity index (χ0) is 24.9. The molecule has 3 atom stereocenters. The van der Waals surface area contributed by atoms with E-state index in [0.717, 1.165) is 10.5 Å². The molecular weight excluding hydrogens is 518 g/mol. The Balaban J connectivity index is 1.61. The highest BCUT2D eigenvalue weighted by Crippen LogP contribution is 2.48. The van der Waals surface area contributed by atoms with Crippen molar-refractivity contribution in [3.8, 4) is 5.75 Å². The van der Waals surface area contributed by atoms with Crippen LogP contribution in [0.15, 0.2) is 71.2 Å². The van der Waals surface area contributed by atoms with E-state index in [1.54, 1.807) is 43.5 Å². The number of nitro benzene ring substituents is 1. The molecule has 0 spiro atoms. The molecule has 2 saturated heterocycles. The van der Waals surface area contributed by atoms with E-state index < -0.39 is 34.8 Å². The number of benzene rings is 3. The summed E-state index contributed by atoms with van der Waals surface area (Å²) < 4.78 is 5.99. The van der Waals surface area contributed by atoms with Crippen molar-refractivity contribution in [1.29, 1.82) is 0 Å². The molecule has 35 heavy (non-hydrogen) atoms. The van der Waals surface area contributed by atoms with Crippen LogP contribution in [0.5, 0.6) is 5.75 Å². The van der Waals surface area contributed by atoms with E-state index in [0.29, 0.717) is 27.2 Å². The second-order valence-corrected chi connectivity index (χ2v) is 9.20. The van der Waals surface area contributed by atoms with Crippen molar-refractivity contribution < 1.29 is 24.1 Å². The summed E-state index contributed by atoms with van der Waals surface area (Å²) in [6, 6.07) is 17.6. The predicted molar refractivity (Wildman–Crippen MR) is 131 cm³/mol. The summed E-state index contributed by atoms with van der Waals surface area (Å²) in [5.41, 5.74) is 2.40. The van der Waals surface area contributed by atoms with Gasteiger partial charge in [-0.25, -0.2) is 9.96 Å². The summed E-state index contributed by atoms with van der Waals surface area (Å²) in [7, 11) is 1.54. The van der Waals surface area contributed by atoms with E-state index in [9.17, 15) is 19.7 Å². The zero-order valence-corrected chi connectivity index (χ0v) is 20.3. The van der Waals surface area contributed by atoms with Gasteiger partial charge in [0.1, 0.15) is 11.7 Å². The van der Waals surface area contributed by atoms with Gasteiger partial charge in [0.25, 0.3) is 11.6 Å². The molecule has 2 aliphatic heterocycles. The fourth-order valence-corrected chi connectivity index (χ4v) is 5.09. The van der Waals surface area contributed by atoms with Gasteiger partial charge in [-0.05, 0) is 58.7 Å². The zero-order valence-electron chi connectivity index (χ0n) is 18.8. The van der Waals surface area contributed by atoms with Crippen LogP contribution in [0, 0.1) is 23.0 Å². The molecule has 0 bridgehead atoms. The first-order chi connectivity index (χ1) is 16.8. The molecule has 2 amide bonds. The van der Waals surface area contributed by atoms with Crippen LogP contribution in [-0.4, -0.2) is 30.0 Å². The highest BCUT2D eigenvalue weighted by Gasteiger charge is 2.60. The maximum absolute atomic E-state index is 13.7. The fraction of sp³-hybridized carbons (Fsp3) is 0.200. The number of hydroxylamine groups is 1. The lowest BCUT2D eigenvalue weighted by atomic mass is 9.90. The van der Waals surface area contributed by atoms with Gasteiger partial charge in [-0.3, -0.25) is 24.5 Å². The molecule has 0 unspecified atom stereocenters. The van der Waals surface area contributed by atoms with Gasteiger partial charge in [-0.15, -0.1) is 0 Å². The van der Waals surface area contributed by atoms with Crippen LogP contribution >= 0.6 is 15.9 Å². The first-order valence-electron chi connectivity index (χ1n) is 10.8. The van der Waals surface area contributed by atoms with Gasteiger partial charge < -0.3 is 4.74 Å². The number of methoxy groups -OCH3 is 1. The molecule has 178 valence electrons. The van der Waals surface area contributed by atoms with Crippen LogP contribution in [0.25, 0.3) is 0 Å². The number of rotatable bonds is 5. The fourth-order valence-electron chi connectivity index (χ4n) is 4.54. The molecule has 0 N–H and O–H groups in total. The van der Waals surface area contributed by atoms with Gasteiger partial charge in [0.05, 0.1) is 33.9 Å². The van der Waals surface area contributed by atoms with Crippen LogP contribution in [0.4, 0.5) is 17.1 Å². The topological polar surface area (TPSA) is 102 Å². The summed E-state index contributed by atoms with van der Waals surface area (Å²) in [6.45, 7) is 1.92. The number of aryl methyl sites for hydroxylation is 1. The standard InChI is InChI=1S/C25H20BrN3O6/c1-14-6-9-16(10-7-14)27-24(30)21-22(15-8-11-20(34-2)19(26)12-15)28(35-23(21)25(27)31)17-4-3-5-18(13-17)29(32)33/h3-13,21-23H,1-2H3/t21-,22+,23+/m0/s1. The summed E-state index contributed by atoms with van der Waals surface area (Å²) in [6.07, 6.45) is -1.08. The van der Waals surface area contributed by atoms with E-state index in [2.05, 4.69) is 15.9 Å². The summed E-state index contributed by atoms with van der Waals surface area (Å²) >= 11 is 3.48. The van der Waals surface area contributed by atoms with Gasteiger partial charge in [-0.1, -0.05) is 29.8 Å². The number of nitro groups is 1. The van der Waals surface area contributed by atoms with Crippen LogP contribution in [0.3, 0.4) is 0 Å². The van der Waals surface area contributed by atoms with Crippen LogP contribution in [0.1, 0.15) is 17.2 Å². The number of amides is 2. The maximum Gasteiger partial charge on any atom is 0.271 e. The van der Waals surface area contributed by atoms with Gasteiger partial charge in [-0.2, -0.15) is 0 Å². The number of halogens is 1. The number of ether oxygens (including phenoxy) is 1. The minimum absolute atomic E-state index is 0.128. The third-order valence-electron chi connectivity index (χ3n) is 6.22. The summed E-state index contributed by atoms with van der Waals surface area (Å²) in [4.78, 5) is 45.2. The SMILES string of the molecule is COc1ccc([C@@H]2[C@@H]3C(=O)N(c4ccc(C)cc4)C(=O)[C@@H]3ON2c2cccc([N+](=O)[O-])c2)cc1Br. The molecule has 5 rings (SSSR count). The van der Waals surface area contributed by atoms with Crippen molar-refractivity contribution in [1.82, 2.24) is 0 Å². The van der Waals surface area contributed by atoms with Crippen molar-refractivity contribution in [3.63, 3.8) is 0 Å². The number of nitrogens with zero attached hydrogens (tertiary/aromatic N) is 3. The van der Waals surface area contributed by atoms with Gasteiger partial charge in [0, 0.05) is 12.1 Å². The van der Waals surface area contributed by atoms with Crippen molar-refractivity contribution >= 4 is 44.8 Å². The lowest BCUT2D eigenvalue weighted by Gasteiger charge is -2.29. The molecule has 0 saturated carbocycles. The Kier molecular flexibility index (Phi) is 5.78. The molecule has 3 aromatic rings. The van der Waals surface area contributed by atoms with Crippen molar-refractivity contribution in [2.45, 2.75) is 19.1 Å². The predicted octanol–water partition coefficient (Wildman–Crippen LogP) is 4.73. The van der Waals surface area contributed by atoms with E-state index in [1.165, 1.54) is 23.3 Å². The monoisotopic (exact) mass is 537 g/mol. The Morgan fingerprint density at radius 1 is 1.00 bits per heavy atom. The Hall–Kier alpha value is -3.76. The Morgan fingerprint density at radius 3 is 2.40 bits per heavy atom. The molecule has 0 aromatic heterocycles. The molecule has 2 aliphatic rings. The highest BCUT2D eigenvalue weighted by molar-refractivity contribution is 9.10. The number of anilines is 2. The average Bonchev–Trinajstić information content (AvgIpc) is 3.36. The van der Waals surface area contributed by atoms with Crippen molar-refractivity contribution in [2.75, 3.05) is 17.1 Å². The number of carbonyl (C=O) groups excluding carboxylic acids is 2. The number of non-ortho nitro benzene ring substituents is 1. The van der Waals surface area contributed by atoms with Gasteiger partial charge in [0.15, 0.2) is 6.10 Å². The molecule has 0 aliphatic carbocycles. The number of imide groups is 1. The van der Waals surface area contributed by atoms with Crippen LogP contribution in [-0.2, 0) is 14.4 Å².